The average molecular weight is 158 g/mol. The maximum absolute atomic E-state index is 9.50. The minimum absolute atomic E-state index is 0.241. The van der Waals surface area contributed by atoms with Gasteiger partial charge in [0, 0.05) is 11.5 Å². The Morgan fingerprint density at radius 3 is 2.67 bits per heavy atom. The predicted molar refractivity (Wildman–Crippen MR) is 49.7 cm³/mol. The van der Waals surface area contributed by atoms with Crippen molar-refractivity contribution in [3.05, 3.63) is 59.9 Å². The molecule has 0 amide bonds. The van der Waals surface area contributed by atoms with E-state index in [4.69, 9.17) is 0 Å². The van der Waals surface area contributed by atoms with Gasteiger partial charge in [0.15, 0.2) is 0 Å². The molecule has 1 heteroatoms. The molecule has 0 bridgehead atoms. The van der Waals surface area contributed by atoms with Gasteiger partial charge in [0.2, 0.25) is 0 Å². The van der Waals surface area contributed by atoms with Crippen molar-refractivity contribution < 1.29 is 5.11 Å². The fourth-order valence-corrected chi connectivity index (χ4v) is 1.41. The number of allylic oxidation sites excluding steroid dienone is 9. The molecule has 1 unspecified atom stereocenters. The maximum Gasteiger partial charge on any atom is 0.119 e. The summed E-state index contributed by atoms with van der Waals surface area (Å²) in [4.78, 5) is 0. The minimum Gasteiger partial charge on any atom is -0.508 e. The van der Waals surface area contributed by atoms with E-state index in [0.29, 0.717) is 5.76 Å². The molecule has 12 heavy (non-hydrogen) atoms. The Balaban J connectivity index is 2.44. The smallest absolute Gasteiger partial charge is 0.119 e. The summed E-state index contributed by atoms with van der Waals surface area (Å²) in [5.41, 5.74) is 0.975. The van der Waals surface area contributed by atoms with Crippen LogP contribution in [0.3, 0.4) is 0 Å². The van der Waals surface area contributed by atoms with E-state index in [1.165, 1.54) is 0 Å². The highest BCUT2D eigenvalue weighted by atomic mass is 16.3. The summed E-state index contributed by atoms with van der Waals surface area (Å²) >= 11 is 0. The first kappa shape index (κ1) is 7.17. The minimum atomic E-state index is 0.241. The first-order valence-electron chi connectivity index (χ1n) is 4.01. The Morgan fingerprint density at radius 2 is 1.75 bits per heavy atom. The highest BCUT2D eigenvalue weighted by Crippen LogP contribution is 2.26. The third kappa shape index (κ3) is 1.14. The highest BCUT2D eigenvalue weighted by Gasteiger charge is 2.14. The Bertz CT molecular complexity index is 327. The lowest BCUT2D eigenvalue weighted by Crippen LogP contribution is -2.03. The highest BCUT2D eigenvalue weighted by molar-refractivity contribution is 5.44. The Kier molecular flexibility index (Phi) is 1.71. The van der Waals surface area contributed by atoms with E-state index in [2.05, 4.69) is 12.2 Å². The van der Waals surface area contributed by atoms with Crippen molar-refractivity contribution in [3.8, 4) is 0 Å². The summed E-state index contributed by atoms with van der Waals surface area (Å²) in [5, 5.41) is 9.50. The molecule has 0 aromatic carbocycles. The molecule has 1 nitrogen and oxygen atoms in total. The van der Waals surface area contributed by atoms with Crippen molar-refractivity contribution >= 4 is 0 Å². The Hall–Kier alpha value is -1.50. The number of fused-ring (bicyclic) bond motifs is 1. The third-order valence-corrected chi connectivity index (χ3v) is 2.04. The van der Waals surface area contributed by atoms with Crippen molar-refractivity contribution in [2.75, 3.05) is 0 Å². The van der Waals surface area contributed by atoms with Crippen LogP contribution in [0.1, 0.15) is 0 Å². The van der Waals surface area contributed by atoms with Crippen LogP contribution < -0.4 is 0 Å². The van der Waals surface area contributed by atoms with Crippen LogP contribution in [0.15, 0.2) is 59.9 Å². The second-order valence-corrected chi connectivity index (χ2v) is 2.85. The van der Waals surface area contributed by atoms with Crippen LogP contribution in [-0.2, 0) is 0 Å². The molecule has 0 saturated heterocycles. The van der Waals surface area contributed by atoms with Crippen LogP contribution in [0.2, 0.25) is 0 Å². The second kappa shape index (κ2) is 2.86. The first-order valence-corrected chi connectivity index (χ1v) is 4.01. The van der Waals surface area contributed by atoms with Crippen molar-refractivity contribution in [1.29, 1.82) is 0 Å². The molecular formula is C11H10O. The van der Waals surface area contributed by atoms with Crippen LogP contribution in [0.25, 0.3) is 0 Å². The molecule has 0 radical (unpaired) electrons. The van der Waals surface area contributed by atoms with E-state index in [0.717, 1.165) is 5.57 Å². The van der Waals surface area contributed by atoms with Crippen molar-refractivity contribution in [1.82, 2.24) is 0 Å². The van der Waals surface area contributed by atoms with Crippen LogP contribution in [-0.4, -0.2) is 5.11 Å². The van der Waals surface area contributed by atoms with E-state index in [9.17, 15) is 5.11 Å². The first-order chi connectivity index (χ1) is 5.88. The van der Waals surface area contributed by atoms with Gasteiger partial charge >= 0.3 is 0 Å². The predicted octanol–water partition coefficient (Wildman–Crippen LogP) is 2.67. The van der Waals surface area contributed by atoms with Gasteiger partial charge in [-0.15, -0.1) is 0 Å². The van der Waals surface area contributed by atoms with Gasteiger partial charge in [-0.3, -0.25) is 0 Å². The number of aliphatic hydroxyl groups is 1. The van der Waals surface area contributed by atoms with Crippen LogP contribution in [0.4, 0.5) is 0 Å². The van der Waals surface area contributed by atoms with Crippen molar-refractivity contribution in [2.45, 2.75) is 0 Å². The molecule has 2 aliphatic rings. The SMILES string of the molecule is OC1=CC=CC2C=CC=CC=C12. The summed E-state index contributed by atoms with van der Waals surface area (Å²) in [7, 11) is 0. The van der Waals surface area contributed by atoms with Gasteiger partial charge in [0.05, 0.1) is 0 Å². The lowest BCUT2D eigenvalue weighted by Gasteiger charge is -2.14. The zero-order chi connectivity index (χ0) is 8.39. The lowest BCUT2D eigenvalue weighted by molar-refractivity contribution is 0.415. The summed E-state index contributed by atoms with van der Waals surface area (Å²) in [6.45, 7) is 0. The summed E-state index contributed by atoms with van der Waals surface area (Å²) < 4.78 is 0. The Morgan fingerprint density at radius 1 is 0.917 bits per heavy atom. The maximum atomic E-state index is 9.50. The summed E-state index contributed by atoms with van der Waals surface area (Å²) in [6.07, 6.45) is 15.6. The van der Waals surface area contributed by atoms with E-state index >= 15 is 0 Å². The van der Waals surface area contributed by atoms with Gasteiger partial charge < -0.3 is 5.11 Å². The van der Waals surface area contributed by atoms with Crippen molar-refractivity contribution in [2.24, 2.45) is 5.92 Å². The van der Waals surface area contributed by atoms with Gasteiger partial charge in [0.1, 0.15) is 5.76 Å². The molecule has 0 saturated carbocycles. The molecule has 0 spiro atoms. The molecule has 60 valence electrons. The number of hydrogen-bond acceptors (Lipinski definition) is 1. The largest absolute Gasteiger partial charge is 0.508 e. The summed E-state index contributed by atoms with van der Waals surface area (Å²) in [6, 6.07) is 0. The standard InChI is InChI=1S/C11H10O/c12-11-8-4-6-9-5-2-1-3-7-10(9)11/h1-9,12H. The van der Waals surface area contributed by atoms with Crippen LogP contribution in [0, 0.1) is 5.92 Å². The monoisotopic (exact) mass is 158 g/mol. The Labute approximate surface area is 71.7 Å². The van der Waals surface area contributed by atoms with Crippen LogP contribution in [0.5, 0.6) is 0 Å². The lowest BCUT2D eigenvalue weighted by atomic mass is 9.93. The zero-order valence-corrected chi connectivity index (χ0v) is 6.64. The van der Waals surface area contributed by atoms with Gasteiger partial charge in [-0.25, -0.2) is 0 Å². The molecule has 0 aromatic heterocycles. The van der Waals surface area contributed by atoms with Gasteiger partial charge in [0.25, 0.3) is 0 Å². The second-order valence-electron chi connectivity index (χ2n) is 2.85. The normalized spacial score (nSPS) is 25.8. The quantitative estimate of drug-likeness (QED) is 0.574. The van der Waals surface area contributed by atoms with Crippen LogP contribution >= 0.6 is 0 Å². The fourth-order valence-electron chi connectivity index (χ4n) is 1.41. The molecule has 0 heterocycles. The van der Waals surface area contributed by atoms with E-state index < -0.39 is 0 Å². The molecule has 0 aromatic rings. The molecule has 0 aliphatic heterocycles. The van der Waals surface area contributed by atoms with E-state index in [1.54, 1.807) is 6.08 Å². The molecule has 2 rings (SSSR count). The summed E-state index contributed by atoms with van der Waals surface area (Å²) in [5.74, 6) is 0.615. The number of rotatable bonds is 0. The average Bonchev–Trinajstić information content (AvgIpc) is 2.30. The topological polar surface area (TPSA) is 20.2 Å². The third-order valence-electron chi connectivity index (χ3n) is 2.04. The van der Waals surface area contributed by atoms with Gasteiger partial charge in [-0.05, 0) is 6.08 Å². The van der Waals surface area contributed by atoms with Gasteiger partial charge in [-0.1, -0.05) is 42.5 Å². The fraction of sp³-hybridized carbons (Fsp3) is 0.0909. The molecular weight excluding hydrogens is 148 g/mol. The molecule has 0 fully saturated rings. The number of aliphatic hydroxyl groups excluding tert-OH is 1. The van der Waals surface area contributed by atoms with Crippen molar-refractivity contribution in [3.63, 3.8) is 0 Å². The molecule has 1 N–H and O–H groups in total. The molecule has 1 atom stereocenters. The van der Waals surface area contributed by atoms with E-state index in [1.807, 2.05) is 30.4 Å². The zero-order valence-electron chi connectivity index (χ0n) is 6.64. The number of hydrogen-bond donors (Lipinski definition) is 1. The van der Waals surface area contributed by atoms with E-state index in [-0.39, 0.29) is 5.92 Å². The molecule has 2 aliphatic carbocycles. The van der Waals surface area contributed by atoms with Gasteiger partial charge in [-0.2, -0.15) is 0 Å².